The summed E-state index contributed by atoms with van der Waals surface area (Å²) in [5.74, 6) is 0.329. The van der Waals surface area contributed by atoms with Gasteiger partial charge in [0, 0.05) is 31.3 Å². The summed E-state index contributed by atoms with van der Waals surface area (Å²) in [4.78, 5) is 2.16. The Hall–Kier alpha value is -1.33. The van der Waals surface area contributed by atoms with Crippen LogP contribution in [0.4, 0.5) is 0 Å². The third-order valence-electron chi connectivity index (χ3n) is 5.02. The summed E-state index contributed by atoms with van der Waals surface area (Å²) >= 11 is 5.71. The van der Waals surface area contributed by atoms with Gasteiger partial charge in [0.2, 0.25) is 0 Å². The van der Waals surface area contributed by atoms with Crippen LogP contribution in [0.1, 0.15) is 50.5 Å². The maximum absolute atomic E-state index is 10.1. The quantitative estimate of drug-likeness (QED) is 0.797. The number of hydrogen-bond acceptors (Lipinski definition) is 3. The molecule has 0 amide bonds. The largest absolute Gasteiger partial charge is 0.508 e. The second kappa shape index (κ2) is 8.67. The first-order valence-electron chi connectivity index (χ1n) is 9.16. The molecule has 5 heteroatoms. The van der Waals surface area contributed by atoms with Crippen molar-refractivity contribution in [3.8, 4) is 5.75 Å². The van der Waals surface area contributed by atoms with Crippen LogP contribution in [0, 0.1) is 0 Å². The van der Waals surface area contributed by atoms with E-state index in [1.807, 2.05) is 18.2 Å². The number of benzene rings is 1. The summed E-state index contributed by atoms with van der Waals surface area (Å²) in [7, 11) is 0. The number of para-hydroxylation sites is 1. The van der Waals surface area contributed by atoms with Gasteiger partial charge in [0.15, 0.2) is 5.11 Å². The zero-order valence-electron chi connectivity index (χ0n) is 14.2. The molecule has 0 unspecified atom stereocenters. The third kappa shape index (κ3) is 4.84. The normalized spacial score (nSPS) is 21.6. The van der Waals surface area contributed by atoms with Gasteiger partial charge in [-0.1, -0.05) is 37.5 Å². The molecule has 0 spiro atoms. The molecule has 2 aliphatic rings. The summed E-state index contributed by atoms with van der Waals surface area (Å²) in [6.45, 7) is 2.25. The number of nitrogens with one attached hydrogen (secondary N) is 1. The smallest absolute Gasteiger partial charge is 0.169 e. The molecule has 0 aromatic heterocycles. The van der Waals surface area contributed by atoms with Crippen molar-refractivity contribution in [2.45, 2.75) is 63.6 Å². The summed E-state index contributed by atoms with van der Waals surface area (Å²) < 4.78 is 5.80. The lowest BCUT2D eigenvalue weighted by atomic mass is 9.96. The Kier molecular flexibility index (Phi) is 6.32. The van der Waals surface area contributed by atoms with E-state index in [0.29, 0.717) is 18.3 Å². The number of phenolic OH excluding ortho intramolecular Hbond substituents is 1. The predicted octanol–water partition coefficient (Wildman–Crippen LogP) is 3.58. The highest BCUT2D eigenvalue weighted by molar-refractivity contribution is 7.80. The molecule has 1 heterocycles. The van der Waals surface area contributed by atoms with Gasteiger partial charge in [-0.25, -0.2) is 0 Å². The lowest BCUT2D eigenvalue weighted by Crippen LogP contribution is -2.47. The molecular weight excluding hydrogens is 320 g/mol. The number of aromatic hydroxyl groups is 1. The molecule has 1 atom stereocenters. The highest BCUT2D eigenvalue weighted by Gasteiger charge is 2.23. The molecule has 1 saturated carbocycles. The maximum atomic E-state index is 10.1. The monoisotopic (exact) mass is 348 g/mol. The fraction of sp³-hybridized carbons (Fsp3) is 0.632. The van der Waals surface area contributed by atoms with E-state index in [-0.39, 0.29) is 6.10 Å². The van der Waals surface area contributed by atoms with E-state index in [1.54, 1.807) is 6.07 Å². The summed E-state index contributed by atoms with van der Waals surface area (Å²) in [5.41, 5.74) is 0.906. The van der Waals surface area contributed by atoms with Crippen LogP contribution in [-0.4, -0.2) is 40.4 Å². The molecule has 1 aliphatic heterocycles. The van der Waals surface area contributed by atoms with Gasteiger partial charge in [-0.3, -0.25) is 0 Å². The topological polar surface area (TPSA) is 44.7 Å². The van der Waals surface area contributed by atoms with Crippen molar-refractivity contribution >= 4 is 17.3 Å². The third-order valence-corrected chi connectivity index (χ3v) is 5.40. The van der Waals surface area contributed by atoms with Crippen molar-refractivity contribution in [1.29, 1.82) is 0 Å². The van der Waals surface area contributed by atoms with E-state index in [9.17, 15) is 5.11 Å². The molecule has 3 rings (SSSR count). The Morgan fingerprint density at radius 1 is 1.17 bits per heavy atom. The van der Waals surface area contributed by atoms with Gasteiger partial charge in [-0.05, 0) is 44.0 Å². The van der Waals surface area contributed by atoms with E-state index in [0.717, 1.165) is 36.7 Å². The number of thiocarbonyl (C=S) groups is 1. The predicted molar refractivity (Wildman–Crippen MR) is 100 cm³/mol. The van der Waals surface area contributed by atoms with Crippen molar-refractivity contribution in [3.05, 3.63) is 29.8 Å². The van der Waals surface area contributed by atoms with Crippen molar-refractivity contribution < 1.29 is 9.84 Å². The van der Waals surface area contributed by atoms with Gasteiger partial charge in [0.05, 0.1) is 6.10 Å². The highest BCUT2D eigenvalue weighted by atomic mass is 32.1. The highest BCUT2D eigenvalue weighted by Crippen LogP contribution is 2.22. The second-order valence-electron chi connectivity index (χ2n) is 6.93. The van der Waals surface area contributed by atoms with Gasteiger partial charge in [0.1, 0.15) is 5.75 Å². The average Bonchev–Trinajstić information content (AvgIpc) is 3.10. The first-order valence-corrected chi connectivity index (χ1v) is 9.57. The molecule has 0 bridgehead atoms. The first-order chi connectivity index (χ1) is 11.7. The van der Waals surface area contributed by atoms with E-state index in [1.165, 1.54) is 32.1 Å². The molecule has 24 heavy (non-hydrogen) atoms. The first kappa shape index (κ1) is 17.5. The van der Waals surface area contributed by atoms with Crippen LogP contribution >= 0.6 is 12.2 Å². The Bertz CT molecular complexity index is 540. The fourth-order valence-electron chi connectivity index (χ4n) is 3.62. The van der Waals surface area contributed by atoms with Crippen molar-refractivity contribution in [1.82, 2.24) is 10.2 Å². The number of ether oxygens (including phenoxy) is 1. The molecule has 1 aromatic rings. The van der Waals surface area contributed by atoms with E-state index in [2.05, 4.69) is 10.2 Å². The van der Waals surface area contributed by atoms with Crippen molar-refractivity contribution in [2.24, 2.45) is 0 Å². The van der Waals surface area contributed by atoms with Crippen molar-refractivity contribution in [2.75, 3.05) is 13.2 Å². The Morgan fingerprint density at radius 2 is 1.96 bits per heavy atom. The van der Waals surface area contributed by atoms with Crippen LogP contribution < -0.4 is 5.32 Å². The molecule has 2 fully saturated rings. The van der Waals surface area contributed by atoms with Gasteiger partial charge in [0.25, 0.3) is 0 Å². The van der Waals surface area contributed by atoms with Gasteiger partial charge in [-0.2, -0.15) is 0 Å². The van der Waals surface area contributed by atoms with Crippen LogP contribution in [0.5, 0.6) is 5.75 Å². The minimum atomic E-state index is 0.238. The molecule has 4 nitrogen and oxygen atoms in total. The van der Waals surface area contributed by atoms with Gasteiger partial charge in [-0.15, -0.1) is 0 Å². The fourth-order valence-corrected chi connectivity index (χ4v) is 3.92. The van der Waals surface area contributed by atoms with Crippen LogP contribution in [0.25, 0.3) is 0 Å². The molecule has 2 N–H and O–H groups in total. The van der Waals surface area contributed by atoms with E-state index in [4.69, 9.17) is 17.0 Å². The molecule has 1 aromatic carbocycles. The molecule has 132 valence electrons. The number of phenols is 1. The Balaban J connectivity index is 1.65. The Morgan fingerprint density at radius 3 is 2.67 bits per heavy atom. The molecule has 1 aliphatic carbocycles. The van der Waals surface area contributed by atoms with Gasteiger partial charge >= 0.3 is 0 Å². The van der Waals surface area contributed by atoms with Crippen LogP contribution in [0.3, 0.4) is 0 Å². The summed E-state index contributed by atoms with van der Waals surface area (Å²) in [6, 6.07) is 7.99. The maximum Gasteiger partial charge on any atom is 0.169 e. The van der Waals surface area contributed by atoms with Crippen LogP contribution in [0.2, 0.25) is 0 Å². The number of nitrogens with zero attached hydrogens (tertiary/aromatic N) is 1. The average molecular weight is 349 g/mol. The SMILES string of the molecule is Oc1ccccc1CN(C[C@@H]1CCCO1)C(=S)NC1CCCCC1. The summed E-state index contributed by atoms with van der Waals surface area (Å²) in [6.07, 6.45) is 8.75. The van der Waals surface area contributed by atoms with Crippen molar-refractivity contribution in [3.63, 3.8) is 0 Å². The number of hydrogen-bond donors (Lipinski definition) is 2. The van der Waals surface area contributed by atoms with Crippen LogP contribution in [-0.2, 0) is 11.3 Å². The second-order valence-corrected chi connectivity index (χ2v) is 7.32. The van der Waals surface area contributed by atoms with Crippen LogP contribution in [0.15, 0.2) is 24.3 Å². The minimum absolute atomic E-state index is 0.238. The standard InChI is InChI=1S/C19H28N2O2S/c22-18-11-5-4-7-15(18)13-21(14-17-10-6-12-23-17)19(24)20-16-8-2-1-3-9-16/h4-5,7,11,16-17,22H,1-3,6,8-10,12-14H2,(H,20,24)/t17-/m0/s1. The van der Waals surface area contributed by atoms with E-state index >= 15 is 0 Å². The lowest BCUT2D eigenvalue weighted by Gasteiger charge is -2.32. The van der Waals surface area contributed by atoms with E-state index < -0.39 is 0 Å². The summed E-state index contributed by atoms with van der Waals surface area (Å²) in [5, 5.41) is 14.4. The molecular formula is C19H28N2O2S. The Labute approximate surface area is 150 Å². The lowest BCUT2D eigenvalue weighted by molar-refractivity contribution is 0.0893. The number of rotatable bonds is 5. The molecule has 1 saturated heterocycles. The zero-order valence-corrected chi connectivity index (χ0v) is 15.1. The molecule has 0 radical (unpaired) electrons. The van der Waals surface area contributed by atoms with Gasteiger partial charge < -0.3 is 20.1 Å². The minimum Gasteiger partial charge on any atom is -0.508 e. The zero-order chi connectivity index (χ0) is 16.8.